The normalized spacial score (nSPS) is 14.3. The molecule has 1 aliphatic rings. The number of benzene rings is 1. The van der Waals surface area contributed by atoms with Gasteiger partial charge in [-0.15, -0.1) is 0 Å². The zero-order chi connectivity index (χ0) is 24.8. The second-order valence-electron chi connectivity index (χ2n) is 8.05. The number of nitrogens with zero attached hydrogens (tertiary/aromatic N) is 4. The fourth-order valence-electron chi connectivity index (χ4n) is 3.91. The Bertz CT molecular complexity index is 1170. The van der Waals surface area contributed by atoms with Crippen LogP contribution in [-0.2, 0) is 14.3 Å². The summed E-state index contributed by atoms with van der Waals surface area (Å²) < 4.78 is 14.9. The van der Waals surface area contributed by atoms with Crippen LogP contribution in [-0.4, -0.2) is 71.7 Å². The first-order valence-electron chi connectivity index (χ1n) is 11.1. The Hall–Kier alpha value is -4.12. The SMILES string of the molecule is COC(=O)c1cc(NC(=O)CN2CCC(c3nc(-c4ccccn4)no3)CC2)cc(C(=O)OC)c1. The Balaban J connectivity index is 1.34. The molecule has 0 aliphatic carbocycles. The van der Waals surface area contributed by atoms with E-state index < -0.39 is 11.9 Å². The fourth-order valence-corrected chi connectivity index (χ4v) is 3.91. The molecule has 0 spiro atoms. The van der Waals surface area contributed by atoms with Crippen LogP contribution in [0.1, 0.15) is 45.4 Å². The number of likely N-dealkylation sites (tertiary alicyclic amines) is 1. The highest BCUT2D eigenvalue weighted by Gasteiger charge is 2.26. The molecule has 0 atom stereocenters. The summed E-state index contributed by atoms with van der Waals surface area (Å²) in [4.78, 5) is 47.3. The summed E-state index contributed by atoms with van der Waals surface area (Å²) in [5.41, 5.74) is 1.23. The highest BCUT2D eigenvalue weighted by atomic mass is 16.5. The summed E-state index contributed by atoms with van der Waals surface area (Å²) in [6.45, 7) is 1.51. The Kier molecular flexibility index (Phi) is 7.46. The van der Waals surface area contributed by atoms with Gasteiger partial charge in [0.05, 0.1) is 31.9 Å². The van der Waals surface area contributed by atoms with Gasteiger partial charge in [0.2, 0.25) is 17.6 Å². The molecular formula is C24H25N5O6. The molecule has 1 N–H and O–H groups in total. The zero-order valence-electron chi connectivity index (χ0n) is 19.4. The van der Waals surface area contributed by atoms with Gasteiger partial charge >= 0.3 is 11.9 Å². The molecule has 3 heterocycles. The number of carbonyl (C=O) groups is 3. The number of piperidine rings is 1. The Morgan fingerprint density at radius 2 is 1.74 bits per heavy atom. The lowest BCUT2D eigenvalue weighted by molar-refractivity contribution is -0.117. The highest BCUT2D eigenvalue weighted by Crippen LogP contribution is 2.28. The molecular weight excluding hydrogens is 454 g/mol. The van der Waals surface area contributed by atoms with Crippen LogP contribution in [0.5, 0.6) is 0 Å². The Morgan fingerprint density at radius 1 is 1.06 bits per heavy atom. The smallest absolute Gasteiger partial charge is 0.337 e. The zero-order valence-corrected chi connectivity index (χ0v) is 19.4. The van der Waals surface area contributed by atoms with E-state index in [1.165, 1.54) is 32.4 Å². The predicted octanol–water partition coefficient (Wildman–Crippen LogP) is 2.52. The molecule has 4 rings (SSSR count). The van der Waals surface area contributed by atoms with Gasteiger partial charge in [-0.3, -0.25) is 14.7 Å². The van der Waals surface area contributed by atoms with Gasteiger partial charge in [-0.1, -0.05) is 11.2 Å². The largest absolute Gasteiger partial charge is 0.465 e. The number of carbonyl (C=O) groups excluding carboxylic acids is 3. The van der Waals surface area contributed by atoms with Gasteiger partial charge in [-0.05, 0) is 56.3 Å². The lowest BCUT2D eigenvalue weighted by Gasteiger charge is -2.29. The van der Waals surface area contributed by atoms with Crippen molar-refractivity contribution in [1.29, 1.82) is 0 Å². The average Bonchev–Trinajstić information content (AvgIpc) is 3.39. The molecule has 11 nitrogen and oxygen atoms in total. The topological polar surface area (TPSA) is 137 Å². The molecule has 1 saturated heterocycles. The van der Waals surface area contributed by atoms with Gasteiger partial charge in [0.15, 0.2) is 0 Å². The van der Waals surface area contributed by atoms with Crippen LogP contribution in [0.3, 0.4) is 0 Å². The second-order valence-corrected chi connectivity index (χ2v) is 8.05. The van der Waals surface area contributed by atoms with Crippen molar-refractivity contribution in [3.8, 4) is 11.5 Å². The van der Waals surface area contributed by atoms with Crippen LogP contribution in [0.25, 0.3) is 11.5 Å². The molecule has 1 fully saturated rings. The van der Waals surface area contributed by atoms with E-state index >= 15 is 0 Å². The van der Waals surface area contributed by atoms with Gasteiger partial charge in [-0.25, -0.2) is 9.59 Å². The molecule has 1 aromatic carbocycles. The molecule has 0 saturated carbocycles. The maximum absolute atomic E-state index is 12.7. The van der Waals surface area contributed by atoms with Crippen molar-refractivity contribution in [3.63, 3.8) is 0 Å². The van der Waals surface area contributed by atoms with Gasteiger partial charge in [0, 0.05) is 17.8 Å². The molecule has 3 aromatic rings. The van der Waals surface area contributed by atoms with Crippen molar-refractivity contribution in [3.05, 3.63) is 59.6 Å². The van der Waals surface area contributed by atoms with Crippen molar-refractivity contribution in [2.45, 2.75) is 18.8 Å². The molecule has 0 bridgehead atoms. The molecule has 11 heteroatoms. The van der Waals surface area contributed by atoms with Gasteiger partial charge < -0.3 is 19.3 Å². The first-order valence-corrected chi connectivity index (χ1v) is 11.1. The quantitative estimate of drug-likeness (QED) is 0.503. The summed E-state index contributed by atoms with van der Waals surface area (Å²) in [6.07, 6.45) is 3.21. The first kappa shape index (κ1) is 24.0. The van der Waals surface area contributed by atoms with Crippen LogP contribution in [0.2, 0.25) is 0 Å². The van der Waals surface area contributed by atoms with Gasteiger partial charge in [-0.2, -0.15) is 4.98 Å². The van der Waals surface area contributed by atoms with Crippen LogP contribution in [0.4, 0.5) is 5.69 Å². The summed E-state index contributed by atoms with van der Waals surface area (Å²) in [6, 6.07) is 9.78. The maximum atomic E-state index is 12.7. The molecule has 0 unspecified atom stereocenters. The lowest BCUT2D eigenvalue weighted by Crippen LogP contribution is -2.38. The monoisotopic (exact) mass is 479 g/mol. The predicted molar refractivity (Wildman–Crippen MR) is 124 cm³/mol. The van der Waals surface area contributed by atoms with E-state index in [4.69, 9.17) is 14.0 Å². The summed E-state index contributed by atoms with van der Waals surface area (Å²) in [5, 5.41) is 6.78. The number of ether oxygens (including phenoxy) is 2. The number of hydrogen-bond donors (Lipinski definition) is 1. The third kappa shape index (κ3) is 5.87. The molecule has 2 aromatic heterocycles. The minimum absolute atomic E-state index is 0.110. The molecule has 1 amide bonds. The number of rotatable bonds is 7. The molecule has 0 radical (unpaired) electrons. The van der Waals surface area contributed by atoms with Crippen molar-refractivity contribution in [1.82, 2.24) is 20.0 Å². The lowest BCUT2D eigenvalue weighted by atomic mass is 9.97. The third-order valence-electron chi connectivity index (χ3n) is 5.70. The van der Waals surface area contributed by atoms with E-state index in [2.05, 4.69) is 20.4 Å². The van der Waals surface area contributed by atoms with Crippen LogP contribution < -0.4 is 5.32 Å². The number of amides is 1. The highest BCUT2D eigenvalue weighted by molar-refractivity contribution is 5.99. The van der Waals surface area contributed by atoms with E-state index in [9.17, 15) is 14.4 Å². The van der Waals surface area contributed by atoms with E-state index in [0.29, 0.717) is 36.2 Å². The summed E-state index contributed by atoms with van der Waals surface area (Å²) in [7, 11) is 2.48. The second kappa shape index (κ2) is 10.9. The van der Waals surface area contributed by atoms with Crippen molar-refractivity contribution in [2.75, 3.05) is 39.2 Å². The fraction of sp³-hybridized carbons (Fsp3) is 0.333. The average molecular weight is 479 g/mol. The number of hydrogen-bond acceptors (Lipinski definition) is 10. The number of nitrogens with one attached hydrogen (secondary N) is 1. The maximum Gasteiger partial charge on any atom is 0.337 e. The first-order chi connectivity index (χ1) is 17.0. The third-order valence-corrected chi connectivity index (χ3v) is 5.70. The number of anilines is 1. The Morgan fingerprint density at radius 3 is 2.34 bits per heavy atom. The van der Waals surface area contributed by atoms with Crippen LogP contribution in [0.15, 0.2) is 47.1 Å². The number of aromatic nitrogens is 3. The van der Waals surface area contributed by atoms with E-state index in [0.717, 1.165) is 12.8 Å². The van der Waals surface area contributed by atoms with E-state index in [1.54, 1.807) is 6.20 Å². The Labute approximate surface area is 201 Å². The van der Waals surface area contributed by atoms with Crippen molar-refractivity contribution >= 4 is 23.5 Å². The van der Waals surface area contributed by atoms with E-state index in [-0.39, 0.29) is 29.5 Å². The van der Waals surface area contributed by atoms with Crippen LogP contribution >= 0.6 is 0 Å². The standard InChI is InChI=1S/C24H25N5O6/c1-33-23(31)16-11-17(24(32)34-2)13-18(12-16)26-20(30)14-29-9-6-15(7-10-29)22-27-21(28-35-22)19-5-3-4-8-25-19/h3-5,8,11-13,15H,6-7,9-10,14H2,1-2H3,(H,26,30). The number of pyridine rings is 1. The van der Waals surface area contributed by atoms with Gasteiger partial charge in [0.1, 0.15) is 5.69 Å². The summed E-state index contributed by atoms with van der Waals surface area (Å²) in [5.74, 6) is -0.371. The number of methoxy groups -OCH3 is 2. The minimum atomic E-state index is -0.624. The molecule has 182 valence electrons. The minimum Gasteiger partial charge on any atom is -0.465 e. The van der Waals surface area contributed by atoms with Crippen molar-refractivity contribution in [2.24, 2.45) is 0 Å². The van der Waals surface area contributed by atoms with Gasteiger partial charge in [0.25, 0.3) is 0 Å². The number of esters is 2. The summed E-state index contributed by atoms with van der Waals surface area (Å²) >= 11 is 0. The molecule has 35 heavy (non-hydrogen) atoms. The van der Waals surface area contributed by atoms with Crippen molar-refractivity contribution < 1.29 is 28.4 Å². The van der Waals surface area contributed by atoms with Crippen LogP contribution in [0, 0.1) is 0 Å². The molecule has 1 aliphatic heterocycles. The van der Waals surface area contributed by atoms with E-state index in [1.807, 2.05) is 23.1 Å².